The molecule has 0 N–H and O–H groups in total. The number of fused-ring (bicyclic) bond motifs is 1. The zero-order valence-corrected chi connectivity index (χ0v) is 10.9. The minimum Gasteiger partial charge on any atom is -0.249 e. The second-order valence-corrected chi connectivity index (χ2v) is 6.50. The number of hydrogen-bond donors (Lipinski definition) is 0. The molecule has 0 unspecified atom stereocenters. The smallest absolute Gasteiger partial charge is 0.211 e. The molecule has 0 saturated carbocycles. The molecular formula is C10H13N5O2S. The molecule has 18 heavy (non-hydrogen) atoms. The van der Waals surface area contributed by atoms with Crippen molar-refractivity contribution in [2.75, 3.05) is 19.3 Å². The first-order valence-corrected chi connectivity index (χ1v) is 7.40. The fourth-order valence-corrected chi connectivity index (χ4v) is 3.06. The molecule has 0 aromatic carbocycles. The van der Waals surface area contributed by atoms with Crippen LogP contribution in [0.25, 0.3) is 11.2 Å². The summed E-state index contributed by atoms with van der Waals surface area (Å²) >= 11 is 0. The van der Waals surface area contributed by atoms with Gasteiger partial charge in [-0.1, -0.05) is 0 Å². The Bertz CT molecular complexity index is 702. The van der Waals surface area contributed by atoms with Crippen LogP contribution in [0.4, 0.5) is 0 Å². The summed E-state index contributed by atoms with van der Waals surface area (Å²) in [5.74, 6) is 0.111. The lowest BCUT2D eigenvalue weighted by atomic mass is 9.99. The number of hydrogen-bond acceptors (Lipinski definition) is 5. The fourth-order valence-electron chi connectivity index (χ4n) is 2.16. The summed E-state index contributed by atoms with van der Waals surface area (Å²) in [5.41, 5.74) is 2.32. The third-order valence-electron chi connectivity index (χ3n) is 3.19. The predicted molar refractivity (Wildman–Crippen MR) is 65.5 cm³/mol. The second kappa shape index (κ2) is 3.72. The van der Waals surface area contributed by atoms with Crippen LogP contribution >= 0.6 is 0 Å². The Morgan fingerprint density at radius 1 is 1.28 bits per heavy atom. The van der Waals surface area contributed by atoms with E-state index >= 15 is 0 Å². The largest absolute Gasteiger partial charge is 0.249 e. The summed E-state index contributed by atoms with van der Waals surface area (Å²) in [6, 6.07) is 0. The summed E-state index contributed by atoms with van der Waals surface area (Å²) in [5, 5.41) is 4.40. The van der Waals surface area contributed by atoms with E-state index in [1.807, 2.05) is 7.05 Å². The maximum absolute atomic E-state index is 11.3. The van der Waals surface area contributed by atoms with Gasteiger partial charge >= 0.3 is 0 Å². The Hall–Kier alpha value is -1.54. The van der Waals surface area contributed by atoms with E-state index in [-0.39, 0.29) is 5.92 Å². The summed E-state index contributed by atoms with van der Waals surface area (Å²) in [4.78, 5) is 8.49. The zero-order valence-electron chi connectivity index (χ0n) is 10.1. The Kier molecular flexibility index (Phi) is 2.39. The minimum atomic E-state index is -3.09. The van der Waals surface area contributed by atoms with E-state index in [9.17, 15) is 8.42 Å². The van der Waals surface area contributed by atoms with E-state index in [1.165, 1.54) is 10.6 Å². The van der Waals surface area contributed by atoms with Crippen molar-refractivity contribution in [2.24, 2.45) is 7.05 Å². The molecule has 3 heterocycles. The van der Waals surface area contributed by atoms with Crippen LogP contribution in [0.3, 0.4) is 0 Å². The second-order valence-electron chi connectivity index (χ2n) is 4.51. The zero-order chi connectivity index (χ0) is 12.9. The number of sulfonamides is 1. The third-order valence-corrected chi connectivity index (χ3v) is 4.43. The molecule has 7 nitrogen and oxygen atoms in total. The van der Waals surface area contributed by atoms with E-state index < -0.39 is 10.0 Å². The lowest BCUT2D eigenvalue weighted by Gasteiger charge is -2.36. The molecule has 1 aliphatic heterocycles. The van der Waals surface area contributed by atoms with Gasteiger partial charge in [0.1, 0.15) is 5.52 Å². The van der Waals surface area contributed by atoms with Crippen molar-refractivity contribution >= 4 is 21.2 Å². The van der Waals surface area contributed by atoms with Gasteiger partial charge in [-0.25, -0.2) is 27.4 Å². The van der Waals surface area contributed by atoms with E-state index in [0.717, 1.165) is 16.9 Å². The van der Waals surface area contributed by atoms with Gasteiger partial charge in [-0.15, -0.1) is 0 Å². The molecule has 1 saturated heterocycles. The summed E-state index contributed by atoms with van der Waals surface area (Å²) in [6.07, 6.45) is 4.47. The highest BCUT2D eigenvalue weighted by atomic mass is 32.2. The number of aromatic nitrogens is 4. The van der Waals surface area contributed by atoms with Gasteiger partial charge in [0.2, 0.25) is 10.0 Å². The summed E-state index contributed by atoms with van der Waals surface area (Å²) in [7, 11) is -1.28. The number of aryl methyl sites for hydroxylation is 1. The van der Waals surface area contributed by atoms with E-state index in [0.29, 0.717) is 13.1 Å². The van der Waals surface area contributed by atoms with Gasteiger partial charge in [0.25, 0.3) is 0 Å². The van der Waals surface area contributed by atoms with Gasteiger partial charge < -0.3 is 0 Å². The van der Waals surface area contributed by atoms with Crippen molar-refractivity contribution in [3.8, 4) is 0 Å². The van der Waals surface area contributed by atoms with Crippen LogP contribution < -0.4 is 0 Å². The molecular weight excluding hydrogens is 254 g/mol. The van der Waals surface area contributed by atoms with Crippen molar-refractivity contribution in [3.63, 3.8) is 0 Å². The van der Waals surface area contributed by atoms with E-state index in [2.05, 4.69) is 15.1 Å². The van der Waals surface area contributed by atoms with Crippen molar-refractivity contribution in [2.45, 2.75) is 5.92 Å². The van der Waals surface area contributed by atoms with Gasteiger partial charge in [-0.3, -0.25) is 0 Å². The van der Waals surface area contributed by atoms with Crippen LogP contribution in [0, 0.1) is 0 Å². The lowest BCUT2D eigenvalue weighted by molar-refractivity contribution is 0.262. The normalized spacial score (nSPS) is 18.1. The van der Waals surface area contributed by atoms with Crippen LogP contribution in [-0.2, 0) is 17.1 Å². The standard InChI is InChI=1S/C10H13N5O2S/c1-14-10-9(11-3-4-12-10)8(13-14)7-5-15(6-7)18(2,16)17/h3-4,7H,5-6H2,1-2H3. The van der Waals surface area contributed by atoms with Crippen LogP contribution in [0.1, 0.15) is 11.6 Å². The molecule has 96 valence electrons. The van der Waals surface area contributed by atoms with Gasteiger partial charge in [0.15, 0.2) is 5.65 Å². The Labute approximate surface area is 104 Å². The predicted octanol–water partition coefficient (Wildman–Crippen LogP) is -0.278. The monoisotopic (exact) mass is 267 g/mol. The quantitative estimate of drug-likeness (QED) is 0.747. The van der Waals surface area contributed by atoms with E-state index in [1.54, 1.807) is 17.1 Å². The highest BCUT2D eigenvalue weighted by Crippen LogP contribution is 2.31. The molecule has 1 aliphatic rings. The van der Waals surface area contributed by atoms with E-state index in [4.69, 9.17) is 0 Å². The lowest BCUT2D eigenvalue weighted by Crippen LogP contribution is -2.48. The molecule has 2 aromatic rings. The van der Waals surface area contributed by atoms with Crippen molar-refractivity contribution in [1.82, 2.24) is 24.1 Å². The average molecular weight is 267 g/mol. The molecule has 0 atom stereocenters. The highest BCUT2D eigenvalue weighted by Gasteiger charge is 2.37. The topological polar surface area (TPSA) is 81.0 Å². The van der Waals surface area contributed by atoms with Crippen LogP contribution in [-0.4, -0.2) is 51.8 Å². The van der Waals surface area contributed by atoms with Gasteiger partial charge in [0, 0.05) is 38.4 Å². The molecule has 0 spiro atoms. The number of nitrogens with zero attached hydrogens (tertiary/aromatic N) is 5. The number of rotatable bonds is 2. The third kappa shape index (κ3) is 1.68. The molecule has 0 radical (unpaired) electrons. The Balaban J connectivity index is 1.94. The van der Waals surface area contributed by atoms with Crippen molar-refractivity contribution in [3.05, 3.63) is 18.1 Å². The molecule has 0 bridgehead atoms. The maximum Gasteiger partial charge on any atom is 0.211 e. The molecule has 1 fully saturated rings. The first-order valence-electron chi connectivity index (χ1n) is 5.55. The van der Waals surface area contributed by atoms with Crippen molar-refractivity contribution in [1.29, 1.82) is 0 Å². The van der Waals surface area contributed by atoms with Crippen LogP contribution in [0.15, 0.2) is 12.4 Å². The fraction of sp³-hybridized carbons (Fsp3) is 0.500. The van der Waals surface area contributed by atoms with Crippen LogP contribution in [0.5, 0.6) is 0 Å². The Morgan fingerprint density at radius 2 is 1.94 bits per heavy atom. The molecule has 8 heteroatoms. The molecule has 3 rings (SSSR count). The Morgan fingerprint density at radius 3 is 2.61 bits per heavy atom. The summed E-state index contributed by atoms with van der Waals surface area (Å²) < 4.78 is 25.8. The average Bonchev–Trinajstić information content (AvgIpc) is 2.53. The first kappa shape index (κ1) is 11.5. The van der Waals surface area contributed by atoms with Gasteiger partial charge in [-0.05, 0) is 0 Å². The first-order chi connectivity index (χ1) is 8.47. The minimum absolute atomic E-state index is 0.111. The molecule has 0 aliphatic carbocycles. The molecule has 0 amide bonds. The van der Waals surface area contributed by atoms with Crippen LogP contribution in [0.2, 0.25) is 0 Å². The van der Waals surface area contributed by atoms with Gasteiger partial charge in [0.05, 0.1) is 11.9 Å². The van der Waals surface area contributed by atoms with Gasteiger partial charge in [-0.2, -0.15) is 5.10 Å². The highest BCUT2D eigenvalue weighted by molar-refractivity contribution is 7.88. The SMILES string of the molecule is Cn1nc(C2CN(S(C)(=O)=O)C2)c2nccnc21. The van der Waals surface area contributed by atoms with Crippen molar-refractivity contribution < 1.29 is 8.42 Å². The summed E-state index contributed by atoms with van der Waals surface area (Å²) in [6.45, 7) is 0.947. The maximum atomic E-state index is 11.3. The molecule has 2 aromatic heterocycles.